The lowest BCUT2D eigenvalue weighted by atomic mass is 10.2. The number of nitrogens with zero attached hydrogens (tertiary/aromatic N) is 4. The van der Waals surface area contributed by atoms with Crippen LogP contribution in [0.2, 0.25) is 5.02 Å². The molecule has 0 saturated carbocycles. The van der Waals surface area contributed by atoms with Gasteiger partial charge in [-0.05, 0) is 36.4 Å². The quantitative estimate of drug-likeness (QED) is 0.522. The number of thioether (sulfide) groups is 1. The summed E-state index contributed by atoms with van der Waals surface area (Å²) in [4.78, 5) is 28.6. The molecular weight excluding hydrogens is 458 g/mol. The monoisotopic (exact) mass is 477 g/mol. The highest BCUT2D eigenvalue weighted by atomic mass is 35.5. The van der Waals surface area contributed by atoms with Crippen LogP contribution in [-0.4, -0.2) is 58.8 Å². The molecule has 1 aliphatic heterocycles. The number of amides is 2. The minimum atomic E-state index is -0.0903. The van der Waals surface area contributed by atoms with Gasteiger partial charge < -0.3 is 19.5 Å². The number of carbonyl (C=O) groups is 2. The summed E-state index contributed by atoms with van der Waals surface area (Å²) in [6, 6.07) is 10.5. The molecule has 0 aliphatic carbocycles. The molecule has 8 nitrogen and oxygen atoms in total. The van der Waals surface area contributed by atoms with Gasteiger partial charge in [-0.1, -0.05) is 34.7 Å². The van der Waals surface area contributed by atoms with Gasteiger partial charge in [-0.15, -0.1) is 10.2 Å². The lowest BCUT2D eigenvalue weighted by molar-refractivity contribution is -0.118. The highest BCUT2D eigenvalue weighted by Crippen LogP contribution is 2.28. The molecule has 2 amide bonds. The molecule has 1 aliphatic rings. The Morgan fingerprint density at radius 1 is 1.13 bits per heavy atom. The van der Waals surface area contributed by atoms with Gasteiger partial charge in [0.15, 0.2) is 4.34 Å². The zero-order chi connectivity index (χ0) is 21.6. The lowest BCUT2D eigenvalue weighted by Crippen LogP contribution is -2.48. The fraction of sp³-hybridized carbons (Fsp3) is 0.300. The molecule has 4 rings (SSSR count). The first kappa shape index (κ1) is 21.7. The molecule has 11 heteroatoms. The third kappa shape index (κ3) is 5.78. The van der Waals surface area contributed by atoms with Crippen molar-refractivity contribution in [3.8, 4) is 0 Å². The molecule has 1 aromatic carbocycles. The molecule has 0 radical (unpaired) electrons. The average molecular weight is 478 g/mol. The zero-order valence-electron chi connectivity index (χ0n) is 16.5. The van der Waals surface area contributed by atoms with Crippen molar-refractivity contribution in [3.63, 3.8) is 0 Å². The second-order valence-corrected chi connectivity index (χ2v) is 9.40. The standard InChI is InChI=1S/C20H20ClN5O3S2/c21-15-5-3-14(4-6-15)18(28)25-7-9-26(10-8-25)19-23-24-20(31-19)30-13-17(27)22-12-16-2-1-11-29-16/h1-6,11H,7-10,12-13H2,(H,22,27). The molecule has 31 heavy (non-hydrogen) atoms. The Morgan fingerprint density at radius 3 is 2.61 bits per heavy atom. The number of carbonyl (C=O) groups excluding carboxylic acids is 2. The number of hydrogen-bond donors (Lipinski definition) is 1. The molecule has 0 atom stereocenters. The zero-order valence-corrected chi connectivity index (χ0v) is 18.9. The molecule has 0 spiro atoms. The van der Waals surface area contributed by atoms with Gasteiger partial charge in [0.1, 0.15) is 5.76 Å². The number of nitrogens with one attached hydrogen (secondary N) is 1. The number of halogens is 1. The van der Waals surface area contributed by atoms with E-state index >= 15 is 0 Å². The summed E-state index contributed by atoms with van der Waals surface area (Å²) in [7, 11) is 0. The van der Waals surface area contributed by atoms with E-state index in [4.69, 9.17) is 16.0 Å². The fourth-order valence-corrected chi connectivity index (χ4v) is 4.89. The lowest BCUT2D eigenvalue weighted by Gasteiger charge is -2.34. The highest BCUT2D eigenvalue weighted by Gasteiger charge is 2.24. The number of rotatable bonds is 7. The number of piperazine rings is 1. The summed E-state index contributed by atoms with van der Waals surface area (Å²) in [6.45, 7) is 2.95. The number of benzene rings is 1. The molecule has 0 bridgehead atoms. The van der Waals surface area contributed by atoms with Crippen LogP contribution >= 0.6 is 34.7 Å². The largest absolute Gasteiger partial charge is 0.467 e. The number of aromatic nitrogens is 2. The third-order valence-corrected chi connectivity index (χ3v) is 7.06. The van der Waals surface area contributed by atoms with Crippen molar-refractivity contribution in [1.82, 2.24) is 20.4 Å². The summed E-state index contributed by atoms with van der Waals surface area (Å²) < 4.78 is 5.93. The van der Waals surface area contributed by atoms with E-state index in [1.165, 1.54) is 23.1 Å². The van der Waals surface area contributed by atoms with E-state index in [0.29, 0.717) is 49.1 Å². The SMILES string of the molecule is O=C(CSc1nnc(N2CCN(C(=O)c3ccc(Cl)cc3)CC2)s1)NCc1ccco1. The Balaban J connectivity index is 1.23. The van der Waals surface area contributed by atoms with Gasteiger partial charge in [-0.25, -0.2) is 0 Å². The predicted molar refractivity (Wildman–Crippen MR) is 121 cm³/mol. The summed E-state index contributed by atoms with van der Waals surface area (Å²) >= 11 is 8.71. The van der Waals surface area contributed by atoms with E-state index in [2.05, 4.69) is 20.4 Å². The van der Waals surface area contributed by atoms with Crippen molar-refractivity contribution in [1.29, 1.82) is 0 Å². The first-order valence-electron chi connectivity index (χ1n) is 9.63. The maximum atomic E-state index is 12.6. The first-order chi connectivity index (χ1) is 15.1. The van der Waals surface area contributed by atoms with Crippen LogP contribution in [0.1, 0.15) is 16.1 Å². The number of furan rings is 1. The number of anilines is 1. The summed E-state index contributed by atoms with van der Waals surface area (Å²) in [5.74, 6) is 0.890. The molecular formula is C20H20ClN5O3S2. The molecule has 1 saturated heterocycles. The van der Waals surface area contributed by atoms with Crippen LogP contribution in [0, 0.1) is 0 Å². The third-order valence-electron chi connectivity index (χ3n) is 4.69. The van der Waals surface area contributed by atoms with E-state index in [-0.39, 0.29) is 17.6 Å². The van der Waals surface area contributed by atoms with Crippen LogP contribution in [0.5, 0.6) is 0 Å². The van der Waals surface area contributed by atoms with Crippen LogP contribution in [0.15, 0.2) is 51.4 Å². The summed E-state index contributed by atoms with van der Waals surface area (Å²) in [5.41, 5.74) is 0.637. The van der Waals surface area contributed by atoms with Gasteiger partial charge in [-0.2, -0.15) is 0 Å². The van der Waals surface area contributed by atoms with Gasteiger partial charge in [0.25, 0.3) is 5.91 Å². The van der Waals surface area contributed by atoms with Gasteiger partial charge in [0.05, 0.1) is 18.6 Å². The molecule has 1 N–H and O–H groups in total. The minimum Gasteiger partial charge on any atom is -0.467 e. The van der Waals surface area contributed by atoms with E-state index in [1.807, 2.05) is 11.0 Å². The molecule has 162 valence electrons. The molecule has 3 heterocycles. The van der Waals surface area contributed by atoms with Gasteiger partial charge in [-0.3, -0.25) is 9.59 Å². The predicted octanol–water partition coefficient (Wildman–Crippen LogP) is 3.16. The van der Waals surface area contributed by atoms with Crippen molar-refractivity contribution >= 4 is 51.6 Å². The summed E-state index contributed by atoms with van der Waals surface area (Å²) in [6.07, 6.45) is 1.58. The maximum absolute atomic E-state index is 12.6. The molecule has 0 unspecified atom stereocenters. The Hall–Kier alpha value is -2.56. The Bertz CT molecular complexity index is 1020. The van der Waals surface area contributed by atoms with Gasteiger partial charge in [0.2, 0.25) is 11.0 Å². The van der Waals surface area contributed by atoms with Crippen molar-refractivity contribution in [2.45, 2.75) is 10.9 Å². The maximum Gasteiger partial charge on any atom is 0.253 e. The van der Waals surface area contributed by atoms with Crippen molar-refractivity contribution in [2.24, 2.45) is 0 Å². The van der Waals surface area contributed by atoms with E-state index < -0.39 is 0 Å². The summed E-state index contributed by atoms with van der Waals surface area (Å²) in [5, 5.41) is 12.7. The Morgan fingerprint density at radius 2 is 1.90 bits per heavy atom. The topological polar surface area (TPSA) is 91.6 Å². The van der Waals surface area contributed by atoms with E-state index in [9.17, 15) is 9.59 Å². The molecule has 3 aromatic rings. The second kappa shape index (κ2) is 10.2. The van der Waals surface area contributed by atoms with Crippen LogP contribution < -0.4 is 10.2 Å². The van der Waals surface area contributed by atoms with Gasteiger partial charge >= 0.3 is 0 Å². The first-order valence-corrected chi connectivity index (χ1v) is 11.8. The van der Waals surface area contributed by atoms with E-state index in [0.717, 1.165) is 9.47 Å². The average Bonchev–Trinajstić information content (AvgIpc) is 3.49. The normalized spacial score (nSPS) is 14.0. The molecule has 1 fully saturated rings. The van der Waals surface area contributed by atoms with Crippen molar-refractivity contribution in [2.75, 3.05) is 36.8 Å². The second-order valence-electron chi connectivity index (χ2n) is 6.78. The smallest absolute Gasteiger partial charge is 0.253 e. The van der Waals surface area contributed by atoms with Gasteiger partial charge in [0, 0.05) is 36.8 Å². The van der Waals surface area contributed by atoms with Crippen LogP contribution in [0.25, 0.3) is 0 Å². The molecule has 2 aromatic heterocycles. The fourth-order valence-electron chi connectivity index (χ4n) is 3.04. The Kier molecular flexibility index (Phi) is 7.10. The highest BCUT2D eigenvalue weighted by molar-refractivity contribution is 8.01. The minimum absolute atomic E-state index is 0.00499. The van der Waals surface area contributed by atoms with Crippen molar-refractivity contribution < 1.29 is 14.0 Å². The van der Waals surface area contributed by atoms with Crippen molar-refractivity contribution in [3.05, 3.63) is 59.0 Å². The van der Waals surface area contributed by atoms with E-state index in [1.54, 1.807) is 36.6 Å². The number of hydrogen-bond acceptors (Lipinski definition) is 8. The van der Waals surface area contributed by atoms with Crippen LogP contribution in [0.3, 0.4) is 0 Å². The van der Waals surface area contributed by atoms with Crippen LogP contribution in [-0.2, 0) is 11.3 Å². The Labute approximate surface area is 192 Å². The van der Waals surface area contributed by atoms with Crippen LogP contribution in [0.4, 0.5) is 5.13 Å².